The summed E-state index contributed by atoms with van der Waals surface area (Å²) in [4.78, 5) is 13.1. The molecule has 2 fully saturated rings. The lowest BCUT2D eigenvalue weighted by atomic mass is 9.49. The summed E-state index contributed by atoms with van der Waals surface area (Å²) in [7, 11) is 0. The predicted octanol–water partition coefficient (Wildman–Crippen LogP) is 3.93. The van der Waals surface area contributed by atoms with Crippen LogP contribution in [0.1, 0.15) is 75.5 Å². The van der Waals surface area contributed by atoms with Gasteiger partial charge in [0, 0.05) is 5.92 Å². The molecule has 3 unspecified atom stereocenters. The monoisotopic (exact) mass is 450 g/mol. The standard InChI is InChI=1S/C28H34O5/c1-15-12-22(32-25(30)27(15,4)31)16(2)17-7-9-19-18(13-17)8-10-21-20(19)14-24-28(33-24)11-5-6-23(29)26(21,28)3/h5-7,9,12-13,16,20-22,24-25,30-31H,8,10-11,14H2,1-4H3/t16-,20?,21?,22?,24-,25+,26-,27+,28-/m0/s1. The van der Waals surface area contributed by atoms with Gasteiger partial charge in [0.2, 0.25) is 0 Å². The number of fused-ring (bicyclic) bond motifs is 4. The number of aliphatic hydroxyl groups is 2. The highest BCUT2D eigenvalue weighted by molar-refractivity contribution is 5.98. The minimum absolute atomic E-state index is 0.0436. The van der Waals surface area contributed by atoms with E-state index in [1.54, 1.807) is 13.0 Å². The Kier molecular flexibility index (Phi) is 4.53. The van der Waals surface area contributed by atoms with E-state index in [4.69, 9.17) is 9.47 Å². The molecule has 0 radical (unpaired) electrons. The molecular formula is C28H34O5. The number of benzene rings is 1. The minimum Gasteiger partial charge on any atom is -0.380 e. The summed E-state index contributed by atoms with van der Waals surface area (Å²) in [5.74, 6) is 0.950. The fraction of sp³-hybridized carbons (Fsp3) is 0.607. The molecule has 1 saturated carbocycles. The van der Waals surface area contributed by atoms with Gasteiger partial charge in [0.1, 0.15) is 11.2 Å². The summed E-state index contributed by atoms with van der Waals surface area (Å²) in [5, 5.41) is 20.7. The van der Waals surface area contributed by atoms with Crippen LogP contribution in [0.3, 0.4) is 0 Å². The maximum Gasteiger partial charge on any atom is 0.188 e. The Morgan fingerprint density at radius 1 is 1.24 bits per heavy atom. The fourth-order valence-corrected chi connectivity index (χ4v) is 7.34. The first-order valence-corrected chi connectivity index (χ1v) is 12.4. The number of aryl methyl sites for hydroxylation is 1. The molecule has 0 amide bonds. The summed E-state index contributed by atoms with van der Waals surface area (Å²) >= 11 is 0. The first-order valence-electron chi connectivity index (χ1n) is 12.4. The third-order valence-corrected chi connectivity index (χ3v) is 9.88. The van der Waals surface area contributed by atoms with Crippen LogP contribution in [0.2, 0.25) is 0 Å². The van der Waals surface area contributed by atoms with E-state index in [1.165, 1.54) is 16.7 Å². The molecule has 1 spiro atoms. The summed E-state index contributed by atoms with van der Waals surface area (Å²) in [6.45, 7) is 7.68. The second-order valence-corrected chi connectivity index (χ2v) is 11.4. The van der Waals surface area contributed by atoms with Crippen LogP contribution in [0.25, 0.3) is 0 Å². The summed E-state index contributed by atoms with van der Waals surface area (Å²) in [5.41, 5.74) is 2.58. The minimum atomic E-state index is -1.36. The number of ether oxygens (including phenoxy) is 2. The van der Waals surface area contributed by atoms with Gasteiger partial charge in [-0.3, -0.25) is 4.79 Å². The molecule has 33 heavy (non-hydrogen) atoms. The van der Waals surface area contributed by atoms with Crippen molar-refractivity contribution in [2.75, 3.05) is 0 Å². The molecule has 5 heteroatoms. The molecule has 1 saturated heterocycles. The van der Waals surface area contributed by atoms with Crippen LogP contribution in [0, 0.1) is 11.3 Å². The highest BCUT2D eigenvalue weighted by Crippen LogP contribution is 2.69. The highest BCUT2D eigenvalue weighted by Gasteiger charge is 2.75. The summed E-state index contributed by atoms with van der Waals surface area (Å²) < 4.78 is 12.1. The van der Waals surface area contributed by atoms with Gasteiger partial charge in [-0.2, -0.15) is 0 Å². The van der Waals surface area contributed by atoms with Crippen molar-refractivity contribution in [3.63, 3.8) is 0 Å². The molecule has 3 aliphatic carbocycles. The van der Waals surface area contributed by atoms with Gasteiger partial charge in [-0.05, 0) is 86.6 Å². The number of aliphatic hydroxyl groups excluding tert-OH is 1. The van der Waals surface area contributed by atoms with Gasteiger partial charge in [-0.25, -0.2) is 0 Å². The second-order valence-electron chi connectivity index (χ2n) is 11.4. The first kappa shape index (κ1) is 21.7. The van der Waals surface area contributed by atoms with E-state index in [-0.39, 0.29) is 29.5 Å². The van der Waals surface area contributed by atoms with Gasteiger partial charge in [0.15, 0.2) is 12.1 Å². The smallest absolute Gasteiger partial charge is 0.188 e. The van der Waals surface area contributed by atoms with E-state index in [9.17, 15) is 15.0 Å². The van der Waals surface area contributed by atoms with Crippen molar-refractivity contribution >= 4 is 5.78 Å². The number of carbonyl (C=O) groups excluding carboxylic acids is 1. The third-order valence-electron chi connectivity index (χ3n) is 9.88. The molecule has 9 atom stereocenters. The number of hydrogen-bond acceptors (Lipinski definition) is 5. The second kappa shape index (κ2) is 6.88. The Balaban J connectivity index is 1.30. The SMILES string of the molecule is CC1=CC([C@@H](C)c2ccc3c(c2)CCC2C3C[C@@H]3O[C@@]34CC=CC(=O)[C@]24C)O[C@@H](O)[C@]1(C)O. The molecular weight excluding hydrogens is 416 g/mol. The van der Waals surface area contributed by atoms with Gasteiger partial charge < -0.3 is 19.7 Å². The molecule has 2 heterocycles. The van der Waals surface area contributed by atoms with Crippen LogP contribution >= 0.6 is 0 Å². The maximum absolute atomic E-state index is 13.1. The van der Waals surface area contributed by atoms with E-state index in [2.05, 4.69) is 32.0 Å². The Morgan fingerprint density at radius 2 is 2.03 bits per heavy atom. The predicted molar refractivity (Wildman–Crippen MR) is 124 cm³/mol. The Bertz CT molecular complexity index is 1090. The molecule has 6 rings (SSSR count). The molecule has 1 aromatic carbocycles. The molecule has 176 valence electrons. The van der Waals surface area contributed by atoms with E-state index in [0.717, 1.165) is 31.3 Å². The van der Waals surface area contributed by atoms with Crippen LogP contribution in [0.5, 0.6) is 0 Å². The van der Waals surface area contributed by atoms with Crippen molar-refractivity contribution in [3.05, 3.63) is 58.7 Å². The number of allylic oxidation sites excluding steroid dienone is 1. The van der Waals surface area contributed by atoms with Gasteiger partial charge in [0.25, 0.3) is 0 Å². The third kappa shape index (κ3) is 2.77. The molecule has 2 N–H and O–H groups in total. The zero-order chi connectivity index (χ0) is 23.3. The number of carbonyl (C=O) groups is 1. The lowest BCUT2D eigenvalue weighted by molar-refractivity contribution is -0.217. The zero-order valence-corrected chi connectivity index (χ0v) is 19.9. The van der Waals surface area contributed by atoms with E-state index >= 15 is 0 Å². The van der Waals surface area contributed by atoms with Gasteiger partial charge in [-0.15, -0.1) is 0 Å². The van der Waals surface area contributed by atoms with Crippen molar-refractivity contribution in [3.8, 4) is 0 Å². The molecule has 2 aliphatic heterocycles. The molecule has 0 aromatic heterocycles. The quantitative estimate of drug-likeness (QED) is 0.527. The van der Waals surface area contributed by atoms with Crippen molar-refractivity contribution in [1.29, 1.82) is 0 Å². The Labute approximate surface area is 195 Å². The lowest BCUT2D eigenvalue weighted by Gasteiger charge is -2.51. The first-order chi connectivity index (χ1) is 15.6. The van der Waals surface area contributed by atoms with E-state index in [0.29, 0.717) is 11.8 Å². The normalized spacial score (nSPS) is 46.4. The zero-order valence-electron chi connectivity index (χ0n) is 19.9. The summed E-state index contributed by atoms with van der Waals surface area (Å²) in [6, 6.07) is 6.73. The van der Waals surface area contributed by atoms with E-state index in [1.807, 2.05) is 19.1 Å². The van der Waals surface area contributed by atoms with Crippen LogP contribution < -0.4 is 0 Å². The maximum atomic E-state index is 13.1. The van der Waals surface area contributed by atoms with Crippen LogP contribution in [0.4, 0.5) is 0 Å². The molecule has 5 nitrogen and oxygen atoms in total. The average molecular weight is 451 g/mol. The Hall–Kier alpha value is -1.79. The van der Waals surface area contributed by atoms with Crippen molar-refractivity contribution < 1.29 is 24.5 Å². The van der Waals surface area contributed by atoms with Crippen molar-refractivity contribution in [2.24, 2.45) is 11.3 Å². The van der Waals surface area contributed by atoms with Crippen molar-refractivity contribution in [2.45, 2.75) is 94.9 Å². The van der Waals surface area contributed by atoms with Crippen LogP contribution in [-0.2, 0) is 20.7 Å². The summed E-state index contributed by atoms with van der Waals surface area (Å²) in [6.07, 6.45) is 8.20. The average Bonchev–Trinajstić information content (AvgIpc) is 3.50. The van der Waals surface area contributed by atoms with Gasteiger partial charge in [-0.1, -0.05) is 37.3 Å². The Morgan fingerprint density at radius 3 is 2.79 bits per heavy atom. The molecule has 0 bridgehead atoms. The lowest BCUT2D eigenvalue weighted by Crippen LogP contribution is -2.56. The van der Waals surface area contributed by atoms with Gasteiger partial charge in [0.05, 0.1) is 17.6 Å². The number of epoxide rings is 1. The van der Waals surface area contributed by atoms with E-state index < -0.39 is 17.3 Å². The van der Waals surface area contributed by atoms with Crippen LogP contribution in [0.15, 0.2) is 42.0 Å². The van der Waals surface area contributed by atoms with Gasteiger partial charge >= 0.3 is 0 Å². The number of hydrogen-bond donors (Lipinski definition) is 2. The van der Waals surface area contributed by atoms with Crippen LogP contribution in [-0.4, -0.2) is 45.7 Å². The number of rotatable bonds is 2. The van der Waals surface area contributed by atoms with Crippen molar-refractivity contribution in [1.82, 2.24) is 0 Å². The largest absolute Gasteiger partial charge is 0.380 e. The topological polar surface area (TPSA) is 79.3 Å². The number of ketones is 1. The fourth-order valence-electron chi connectivity index (χ4n) is 7.34. The molecule has 5 aliphatic rings. The highest BCUT2D eigenvalue weighted by atomic mass is 16.6. The molecule has 1 aromatic rings.